The van der Waals surface area contributed by atoms with Gasteiger partial charge in [-0.25, -0.2) is 4.68 Å². The number of methoxy groups -OCH3 is 1. The smallest absolute Gasteiger partial charge is 0.274 e. The Balaban J connectivity index is 1.71. The Morgan fingerprint density at radius 1 is 1.06 bits per heavy atom. The van der Waals surface area contributed by atoms with Gasteiger partial charge in [-0.3, -0.25) is 9.59 Å². The fourth-order valence-corrected chi connectivity index (χ4v) is 3.32. The van der Waals surface area contributed by atoms with E-state index in [2.05, 4.69) is 10.4 Å². The molecular formula is C24H29N3O4. The molecule has 3 aromatic rings. The maximum atomic E-state index is 12.8. The van der Waals surface area contributed by atoms with Crippen LogP contribution in [0.1, 0.15) is 26.5 Å². The van der Waals surface area contributed by atoms with Gasteiger partial charge >= 0.3 is 0 Å². The number of nitrogens with zero attached hydrogens (tertiary/aromatic N) is 2. The van der Waals surface area contributed by atoms with Gasteiger partial charge in [0.1, 0.15) is 18.1 Å². The quantitative estimate of drug-likeness (QED) is 0.572. The van der Waals surface area contributed by atoms with Gasteiger partial charge in [0.05, 0.1) is 30.7 Å². The minimum Gasteiger partial charge on any atom is -0.497 e. The van der Waals surface area contributed by atoms with E-state index >= 15 is 0 Å². The maximum Gasteiger partial charge on any atom is 0.274 e. The molecular weight excluding hydrogens is 394 g/mol. The van der Waals surface area contributed by atoms with Crippen molar-refractivity contribution in [2.45, 2.75) is 39.8 Å². The molecule has 2 aromatic carbocycles. The highest BCUT2D eigenvalue weighted by Gasteiger charge is 2.19. The summed E-state index contributed by atoms with van der Waals surface area (Å²) in [5.74, 6) is 1.49. The number of fused-ring (bicyclic) bond motifs is 1. The van der Waals surface area contributed by atoms with Crippen LogP contribution in [0.3, 0.4) is 0 Å². The number of benzene rings is 2. The van der Waals surface area contributed by atoms with Crippen molar-refractivity contribution < 1.29 is 14.3 Å². The van der Waals surface area contributed by atoms with Gasteiger partial charge in [0.25, 0.3) is 5.56 Å². The summed E-state index contributed by atoms with van der Waals surface area (Å²) < 4.78 is 12.4. The van der Waals surface area contributed by atoms with Gasteiger partial charge in [-0.1, -0.05) is 32.0 Å². The number of aryl methyl sites for hydroxylation is 1. The SMILES string of the molecule is CCn1nc(CC(=O)N[C@@H](COc2ccc(OC)cc2)C(C)C)c2ccccc2c1=O. The average molecular weight is 424 g/mol. The van der Waals surface area contributed by atoms with Crippen molar-refractivity contribution in [3.63, 3.8) is 0 Å². The molecule has 7 nitrogen and oxygen atoms in total. The molecule has 0 bridgehead atoms. The summed E-state index contributed by atoms with van der Waals surface area (Å²) in [5.41, 5.74) is 0.448. The molecule has 1 N–H and O–H groups in total. The van der Waals surface area contributed by atoms with Crippen molar-refractivity contribution in [2.75, 3.05) is 13.7 Å². The highest BCUT2D eigenvalue weighted by Crippen LogP contribution is 2.18. The Bertz CT molecular complexity index is 1090. The number of aromatic nitrogens is 2. The average Bonchev–Trinajstić information content (AvgIpc) is 2.78. The maximum absolute atomic E-state index is 12.8. The summed E-state index contributed by atoms with van der Waals surface area (Å²) >= 11 is 0. The lowest BCUT2D eigenvalue weighted by Gasteiger charge is -2.23. The number of rotatable bonds is 9. The van der Waals surface area contributed by atoms with Crippen LogP contribution in [0.5, 0.6) is 11.5 Å². The molecule has 0 aliphatic heterocycles. The number of amides is 1. The summed E-state index contributed by atoms with van der Waals surface area (Å²) in [7, 11) is 1.62. The zero-order valence-corrected chi connectivity index (χ0v) is 18.4. The first-order chi connectivity index (χ1) is 14.9. The van der Waals surface area contributed by atoms with Crippen molar-refractivity contribution in [3.05, 3.63) is 64.6 Å². The van der Waals surface area contributed by atoms with Crippen molar-refractivity contribution in [3.8, 4) is 11.5 Å². The number of carbonyl (C=O) groups excluding carboxylic acids is 1. The monoisotopic (exact) mass is 423 g/mol. The first-order valence-electron chi connectivity index (χ1n) is 10.5. The zero-order valence-electron chi connectivity index (χ0n) is 18.4. The van der Waals surface area contributed by atoms with Gasteiger partial charge in [-0.15, -0.1) is 0 Å². The zero-order chi connectivity index (χ0) is 22.4. The lowest BCUT2D eigenvalue weighted by Crippen LogP contribution is -2.43. The number of hydrogen-bond acceptors (Lipinski definition) is 5. The molecule has 1 aromatic heterocycles. The molecule has 7 heteroatoms. The van der Waals surface area contributed by atoms with E-state index in [9.17, 15) is 9.59 Å². The van der Waals surface area contributed by atoms with Gasteiger partial charge in [-0.05, 0) is 43.2 Å². The summed E-state index contributed by atoms with van der Waals surface area (Å²) in [4.78, 5) is 25.3. The molecule has 0 aliphatic rings. The molecule has 31 heavy (non-hydrogen) atoms. The van der Waals surface area contributed by atoms with Gasteiger partial charge < -0.3 is 14.8 Å². The van der Waals surface area contributed by atoms with Gasteiger partial charge in [0.15, 0.2) is 0 Å². The normalized spacial score (nSPS) is 12.0. The molecule has 0 saturated carbocycles. The highest BCUT2D eigenvalue weighted by molar-refractivity contribution is 5.88. The second-order valence-corrected chi connectivity index (χ2v) is 7.69. The van der Waals surface area contributed by atoms with Crippen LogP contribution in [-0.2, 0) is 17.8 Å². The van der Waals surface area contributed by atoms with Crippen LogP contribution in [0.25, 0.3) is 10.8 Å². The molecule has 0 unspecified atom stereocenters. The Labute approximate surface area is 182 Å². The summed E-state index contributed by atoms with van der Waals surface area (Å²) in [5, 5.41) is 8.77. The molecule has 0 fully saturated rings. The predicted octanol–water partition coefficient (Wildman–Crippen LogP) is 3.19. The van der Waals surface area contributed by atoms with E-state index in [0.717, 1.165) is 5.75 Å². The van der Waals surface area contributed by atoms with E-state index in [1.54, 1.807) is 13.2 Å². The number of carbonyl (C=O) groups is 1. The van der Waals surface area contributed by atoms with E-state index in [1.807, 2.05) is 63.2 Å². The third-order valence-electron chi connectivity index (χ3n) is 5.21. The second-order valence-electron chi connectivity index (χ2n) is 7.69. The van der Waals surface area contributed by atoms with E-state index in [4.69, 9.17) is 9.47 Å². The lowest BCUT2D eigenvalue weighted by atomic mass is 10.0. The van der Waals surface area contributed by atoms with Crippen LogP contribution in [0.15, 0.2) is 53.3 Å². The van der Waals surface area contributed by atoms with Crippen LogP contribution in [0.2, 0.25) is 0 Å². The fourth-order valence-electron chi connectivity index (χ4n) is 3.32. The summed E-state index contributed by atoms with van der Waals surface area (Å²) in [6.45, 7) is 6.72. The predicted molar refractivity (Wildman–Crippen MR) is 121 cm³/mol. The standard InChI is InChI=1S/C24H29N3O4/c1-5-27-24(29)20-9-7-6-8-19(20)21(26-27)14-23(28)25-22(16(2)3)15-31-18-12-10-17(30-4)11-13-18/h6-13,16,22H,5,14-15H2,1-4H3,(H,25,28)/t22-/m0/s1. The molecule has 0 radical (unpaired) electrons. The van der Waals surface area contributed by atoms with Crippen LogP contribution in [0.4, 0.5) is 0 Å². The number of nitrogens with one attached hydrogen (secondary N) is 1. The van der Waals surface area contributed by atoms with Crippen LogP contribution < -0.4 is 20.3 Å². The van der Waals surface area contributed by atoms with Gasteiger partial charge in [0.2, 0.25) is 5.91 Å². The largest absolute Gasteiger partial charge is 0.497 e. The fraction of sp³-hybridized carbons (Fsp3) is 0.375. The van der Waals surface area contributed by atoms with Crippen LogP contribution in [0, 0.1) is 5.92 Å². The van der Waals surface area contributed by atoms with E-state index in [-0.39, 0.29) is 29.8 Å². The minimum absolute atomic E-state index is 0.0898. The molecule has 1 atom stereocenters. The molecule has 1 amide bonds. The molecule has 1 heterocycles. The second kappa shape index (κ2) is 10.1. The Morgan fingerprint density at radius 3 is 2.32 bits per heavy atom. The molecule has 0 saturated heterocycles. The van der Waals surface area contributed by atoms with E-state index in [0.29, 0.717) is 35.4 Å². The van der Waals surface area contributed by atoms with Crippen molar-refractivity contribution in [1.29, 1.82) is 0 Å². The highest BCUT2D eigenvalue weighted by atomic mass is 16.5. The van der Waals surface area contributed by atoms with E-state index < -0.39 is 0 Å². The Morgan fingerprint density at radius 2 is 1.71 bits per heavy atom. The summed E-state index contributed by atoms with van der Waals surface area (Å²) in [6, 6.07) is 14.4. The number of ether oxygens (including phenoxy) is 2. The first-order valence-corrected chi connectivity index (χ1v) is 10.5. The third-order valence-corrected chi connectivity index (χ3v) is 5.21. The van der Waals surface area contributed by atoms with Crippen molar-refractivity contribution in [1.82, 2.24) is 15.1 Å². The topological polar surface area (TPSA) is 82.5 Å². The summed E-state index contributed by atoms with van der Waals surface area (Å²) in [6.07, 6.45) is 0.0898. The van der Waals surface area contributed by atoms with Crippen LogP contribution >= 0.6 is 0 Å². The van der Waals surface area contributed by atoms with Crippen molar-refractivity contribution in [2.24, 2.45) is 5.92 Å². The van der Waals surface area contributed by atoms with Gasteiger partial charge in [0, 0.05) is 11.9 Å². The minimum atomic E-state index is -0.169. The number of hydrogen-bond donors (Lipinski definition) is 1. The Hall–Kier alpha value is -3.35. The lowest BCUT2D eigenvalue weighted by molar-refractivity contribution is -0.121. The van der Waals surface area contributed by atoms with Gasteiger partial charge in [-0.2, -0.15) is 5.10 Å². The molecule has 0 aliphatic carbocycles. The van der Waals surface area contributed by atoms with Crippen molar-refractivity contribution >= 4 is 16.7 Å². The first kappa shape index (κ1) is 22.3. The van der Waals surface area contributed by atoms with E-state index in [1.165, 1.54) is 4.68 Å². The molecule has 164 valence electrons. The van der Waals surface area contributed by atoms with Crippen LogP contribution in [-0.4, -0.2) is 35.4 Å². The molecule has 0 spiro atoms. The molecule has 3 rings (SSSR count). The third kappa shape index (κ3) is 5.42. The Kier molecular flexibility index (Phi) is 7.28.